The first kappa shape index (κ1) is 9.47. The average Bonchev–Trinajstić information content (AvgIpc) is 2.71. The van der Waals surface area contributed by atoms with E-state index in [4.69, 9.17) is 4.74 Å². The predicted octanol–water partition coefficient (Wildman–Crippen LogP) is 1.90. The maximum absolute atomic E-state index is 5.39. The van der Waals surface area contributed by atoms with Gasteiger partial charge in [0.25, 0.3) is 0 Å². The van der Waals surface area contributed by atoms with Crippen molar-refractivity contribution in [2.45, 2.75) is 44.8 Å². The van der Waals surface area contributed by atoms with Gasteiger partial charge < -0.3 is 4.74 Å². The summed E-state index contributed by atoms with van der Waals surface area (Å²) in [6.45, 7) is 4.81. The summed E-state index contributed by atoms with van der Waals surface area (Å²) in [4.78, 5) is 2.64. The van der Waals surface area contributed by atoms with Crippen molar-refractivity contribution in [3.63, 3.8) is 0 Å². The van der Waals surface area contributed by atoms with Crippen molar-refractivity contribution in [3.05, 3.63) is 0 Å². The topological polar surface area (TPSA) is 12.5 Å². The normalized spacial score (nSPS) is 41.5. The summed E-state index contributed by atoms with van der Waals surface area (Å²) in [7, 11) is 1.84. The number of ether oxygens (including phenoxy) is 1. The highest BCUT2D eigenvalue weighted by Crippen LogP contribution is 2.31. The van der Waals surface area contributed by atoms with Crippen LogP contribution in [-0.2, 0) is 4.74 Å². The smallest absolute Gasteiger partial charge is 0.0710 e. The highest BCUT2D eigenvalue weighted by atomic mass is 16.5. The molecule has 0 aromatic carbocycles. The van der Waals surface area contributed by atoms with Gasteiger partial charge in [-0.1, -0.05) is 6.92 Å². The van der Waals surface area contributed by atoms with Crippen LogP contribution in [-0.4, -0.2) is 37.2 Å². The summed E-state index contributed by atoms with van der Waals surface area (Å²) in [6.07, 6.45) is 6.00. The molecule has 1 aliphatic heterocycles. The van der Waals surface area contributed by atoms with E-state index in [1.54, 1.807) is 0 Å². The van der Waals surface area contributed by atoms with E-state index in [-0.39, 0.29) is 0 Å². The zero-order valence-corrected chi connectivity index (χ0v) is 8.83. The standard InChI is InChI=1S/C11H21NO/c1-9-3-4-10(7-9)12-6-5-11(8-12)13-2/h9-11H,3-8H2,1-2H3/t9?,10?,11-/m1/s1. The molecule has 0 bridgehead atoms. The number of rotatable bonds is 2. The minimum Gasteiger partial charge on any atom is -0.380 e. The van der Waals surface area contributed by atoms with Crippen molar-refractivity contribution in [1.82, 2.24) is 4.90 Å². The van der Waals surface area contributed by atoms with E-state index < -0.39 is 0 Å². The molecule has 1 aliphatic carbocycles. The zero-order chi connectivity index (χ0) is 9.26. The van der Waals surface area contributed by atoms with Crippen molar-refractivity contribution >= 4 is 0 Å². The third-order valence-electron chi connectivity index (χ3n) is 3.69. The molecule has 2 unspecified atom stereocenters. The van der Waals surface area contributed by atoms with Crippen molar-refractivity contribution in [2.75, 3.05) is 20.2 Å². The number of methoxy groups -OCH3 is 1. The Kier molecular flexibility index (Phi) is 2.89. The SMILES string of the molecule is CO[C@@H]1CCN(C2CCC(C)C2)C1. The van der Waals surface area contributed by atoms with E-state index >= 15 is 0 Å². The second kappa shape index (κ2) is 3.97. The summed E-state index contributed by atoms with van der Waals surface area (Å²) in [5, 5.41) is 0. The first-order chi connectivity index (χ1) is 6.29. The Morgan fingerprint density at radius 2 is 2.08 bits per heavy atom. The van der Waals surface area contributed by atoms with Crippen molar-refractivity contribution in [3.8, 4) is 0 Å². The first-order valence-corrected chi connectivity index (χ1v) is 5.56. The summed E-state index contributed by atoms with van der Waals surface area (Å²) >= 11 is 0. The van der Waals surface area contributed by atoms with Gasteiger partial charge in [-0.3, -0.25) is 4.90 Å². The lowest BCUT2D eigenvalue weighted by Gasteiger charge is -2.23. The molecule has 13 heavy (non-hydrogen) atoms. The molecular formula is C11H21NO. The lowest BCUT2D eigenvalue weighted by Crippen LogP contribution is -2.32. The fraction of sp³-hybridized carbons (Fsp3) is 1.00. The van der Waals surface area contributed by atoms with Crippen molar-refractivity contribution in [2.24, 2.45) is 5.92 Å². The molecule has 76 valence electrons. The Balaban J connectivity index is 1.82. The zero-order valence-electron chi connectivity index (χ0n) is 8.83. The van der Waals surface area contributed by atoms with Crippen LogP contribution in [0, 0.1) is 5.92 Å². The van der Waals surface area contributed by atoms with Gasteiger partial charge in [0.2, 0.25) is 0 Å². The van der Waals surface area contributed by atoms with Crippen LogP contribution >= 0.6 is 0 Å². The largest absolute Gasteiger partial charge is 0.380 e. The van der Waals surface area contributed by atoms with Gasteiger partial charge in [0.05, 0.1) is 6.10 Å². The molecule has 0 amide bonds. The lowest BCUT2D eigenvalue weighted by atomic mass is 10.1. The van der Waals surface area contributed by atoms with Gasteiger partial charge in [-0.25, -0.2) is 0 Å². The molecule has 2 heteroatoms. The van der Waals surface area contributed by atoms with Gasteiger partial charge in [-0.2, -0.15) is 0 Å². The molecule has 3 atom stereocenters. The summed E-state index contributed by atoms with van der Waals surface area (Å²) in [5.74, 6) is 0.951. The Hall–Kier alpha value is -0.0800. The van der Waals surface area contributed by atoms with Crippen molar-refractivity contribution < 1.29 is 4.74 Å². The summed E-state index contributed by atoms with van der Waals surface area (Å²) in [5.41, 5.74) is 0. The number of hydrogen-bond acceptors (Lipinski definition) is 2. The predicted molar refractivity (Wildman–Crippen MR) is 53.8 cm³/mol. The second-order valence-electron chi connectivity index (χ2n) is 4.71. The van der Waals surface area contributed by atoms with Crippen LogP contribution in [0.3, 0.4) is 0 Å². The van der Waals surface area contributed by atoms with Crippen LogP contribution in [0.1, 0.15) is 32.6 Å². The summed E-state index contributed by atoms with van der Waals surface area (Å²) in [6, 6.07) is 0.871. The molecule has 0 spiro atoms. The van der Waals surface area contributed by atoms with E-state index in [0.717, 1.165) is 12.0 Å². The van der Waals surface area contributed by atoms with E-state index in [0.29, 0.717) is 6.10 Å². The molecule has 0 aromatic heterocycles. The molecule has 1 saturated heterocycles. The van der Waals surface area contributed by atoms with Crippen LogP contribution < -0.4 is 0 Å². The average molecular weight is 183 g/mol. The Morgan fingerprint density at radius 3 is 2.62 bits per heavy atom. The highest BCUT2D eigenvalue weighted by molar-refractivity contribution is 4.86. The maximum atomic E-state index is 5.39. The lowest BCUT2D eigenvalue weighted by molar-refractivity contribution is 0.101. The fourth-order valence-electron chi connectivity index (χ4n) is 2.79. The van der Waals surface area contributed by atoms with Crippen LogP contribution in [0.25, 0.3) is 0 Å². The van der Waals surface area contributed by atoms with Gasteiger partial charge in [0, 0.05) is 26.2 Å². The summed E-state index contributed by atoms with van der Waals surface area (Å²) < 4.78 is 5.39. The maximum Gasteiger partial charge on any atom is 0.0710 e. The van der Waals surface area contributed by atoms with Crippen LogP contribution in [0.4, 0.5) is 0 Å². The molecule has 1 saturated carbocycles. The number of hydrogen-bond donors (Lipinski definition) is 0. The second-order valence-corrected chi connectivity index (χ2v) is 4.71. The Labute approximate surface area is 81.3 Å². The first-order valence-electron chi connectivity index (χ1n) is 5.56. The van der Waals surface area contributed by atoms with E-state index in [1.165, 1.54) is 38.8 Å². The molecule has 0 aromatic rings. The van der Waals surface area contributed by atoms with E-state index in [2.05, 4.69) is 11.8 Å². The Bertz CT molecular complexity index is 171. The molecular weight excluding hydrogens is 162 g/mol. The van der Waals surface area contributed by atoms with Crippen LogP contribution in [0.2, 0.25) is 0 Å². The van der Waals surface area contributed by atoms with Gasteiger partial charge in [0.15, 0.2) is 0 Å². The minimum atomic E-state index is 0.510. The van der Waals surface area contributed by atoms with Gasteiger partial charge >= 0.3 is 0 Å². The number of nitrogens with zero attached hydrogens (tertiary/aromatic N) is 1. The van der Waals surface area contributed by atoms with Gasteiger partial charge in [0.1, 0.15) is 0 Å². The third-order valence-corrected chi connectivity index (χ3v) is 3.69. The van der Waals surface area contributed by atoms with Gasteiger partial charge in [-0.05, 0) is 31.6 Å². The van der Waals surface area contributed by atoms with E-state index in [1.807, 2.05) is 7.11 Å². The monoisotopic (exact) mass is 183 g/mol. The quantitative estimate of drug-likeness (QED) is 0.648. The van der Waals surface area contributed by atoms with Crippen LogP contribution in [0.15, 0.2) is 0 Å². The van der Waals surface area contributed by atoms with Crippen LogP contribution in [0.5, 0.6) is 0 Å². The molecule has 2 fully saturated rings. The molecule has 2 rings (SSSR count). The number of likely N-dealkylation sites (tertiary alicyclic amines) is 1. The molecule has 2 aliphatic rings. The third kappa shape index (κ3) is 2.05. The molecule has 2 nitrogen and oxygen atoms in total. The molecule has 1 heterocycles. The van der Waals surface area contributed by atoms with Gasteiger partial charge in [-0.15, -0.1) is 0 Å². The fourth-order valence-corrected chi connectivity index (χ4v) is 2.79. The van der Waals surface area contributed by atoms with E-state index in [9.17, 15) is 0 Å². The van der Waals surface area contributed by atoms with Crippen molar-refractivity contribution in [1.29, 1.82) is 0 Å². The highest BCUT2D eigenvalue weighted by Gasteiger charge is 2.31. The Morgan fingerprint density at radius 1 is 1.23 bits per heavy atom. The molecule has 0 N–H and O–H groups in total. The minimum absolute atomic E-state index is 0.510. The molecule has 0 radical (unpaired) electrons.